The van der Waals surface area contributed by atoms with Crippen LogP contribution in [0.15, 0.2) is 30.3 Å². The number of anilines is 2. The Labute approximate surface area is 150 Å². The lowest BCUT2D eigenvalue weighted by molar-refractivity contribution is 0.584. The van der Waals surface area contributed by atoms with Gasteiger partial charge < -0.3 is 10.2 Å². The van der Waals surface area contributed by atoms with Crippen molar-refractivity contribution in [3.05, 3.63) is 47.3 Å². The number of nitrogens with one attached hydrogen (secondary N) is 1. The van der Waals surface area contributed by atoms with E-state index in [-0.39, 0.29) is 0 Å². The highest BCUT2D eigenvalue weighted by atomic mass is 15.2. The predicted molar refractivity (Wildman–Crippen MR) is 103 cm³/mol. The van der Waals surface area contributed by atoms with E-state index in [9.17, 15) is 0 Å². The summed E-state index contributed by atoms with van der Waals surface area (Å²) < 4.78 is 0. The maximum Gasteiger partial charge on any atom is 0.136 e. The van der Waals surface area contributed by atoms with Crippen LogP contribution in [0.1, 0.15) is 62.9 Å². The van der Waals surface area contributed by atoms with Crippen LogP contribution in [0.25, 0.3) is 0 Å². The SMILES string of the molecule is CC[C@H](C)Nc1cc(N2Cc3ccccc3C[C@@H]2C)nc(C2CC2)n1. The van der Waals surface area contributed by atoms with E-state index in [0.717, 1.165) is 36.8 Å². The van der Waals surface area contributed by atoms with Gasteiger partial charge in [0.2, 0.25) is 0 Å². The highest BCUT2D eigenvalue weighted by molar-refractivity contribution is 5.53. The molecule has 1 aliphatic carbocycles. The molecular formula is C21H28N4. The molecule has 1 saturated carbocycles. The van der Waals surface area contributed by atoms with Crippen molar-refractivity contribution in [2.45, 2.75) is 71.0 Å². The van der Waals surface area contributed by atoms with E-state index >= 15 is 0 Å². The molecular weight excluding hydrogens is 308 g/mol. The number of benzene rings is 1. The summed E-state index contributed by atoms with van der Waals surface area (Å²) >= 11 is 0. The monoisotopic (exact) mass is 336 g/mol. The fourth-order valence-corrected chi connectivity index (χ4v) is 3.54. The van der Waals surface area contributed by atoms with Crippen molar-refractivity contribution in [2.24, 2.45) is 0 Å². The minimum atomic E-state index is 0.425. The standard InChI is InChI=1S/C21H28N4/c1-4-14(2)22-19-12-20(24-21(23-19)16-9-10-16)25-13-18-8-6-5-7-17(18)11-15(25)3/h5-8,12,14-16H,4,9-11,13H2,1-3H3,(H,22,23,24)/t14-,15-/m0/s1. The van der Waals surface area contributed by atoms with Gasteiger partial charge in [-0.25, -0.2) is 9.97 Å². The van der Waals surface area contributed by atoms with Gasteiger partial charge in [-0.15, -0.1) is 0 Å². The molecule has 0 amide bonds. The fraction of sp³-hybridized carbons (Fsp3) is 0.524. The average Bonchev–Trinajstić information content (AvgIpc) is 3.46. The first-order valence-electron chi connectivity index (χ1n) is 9.63. The van der Waals surface area contributed by atoms with Crippen LogP contribution in [0, 0.1) is 0 Å². The van der Waals surface area contributed by atoms with Crippen LogP contribution >= 0.6 is 0 Å². The third-order valence-electron chi connectivity index (χ3n) is 5.48. The van der Waals surface area contributed by atoms with Crippen molar-refractivity contribution in [3.63, 3.8) is 0 Å². The zero-order chi connectivity index (χ0) is 17.4. The number of hydrogen-bond acceptors (Lipinski definition) is 4. The number of hydrogen-bond donors (Lipinski definition) is 1. The lowest BCUT2D eigenvalue weighted by Crippen LogP contribution is -2.39. The molecule has 25 heavy (non-hydrogen) atoms. The Balaban J connectivity index is 1.66. The van der Waals surface area contributed by atoms with E-state index in [2.05, 4.69) is 61.3 Å². The van der Waals surface area contributed by atoms with Crippen LogP contribution in [0.5, 0.6) is 0 Å². The van der Waals surface area contributed by atoms with Gasteiger partial charge in [-0.1, -0.05) is 31.2 Å². The van der Waals surface area contributed by atoms with E-state index in [1.807, 2.05) is 0 Å². The van der Waals surface area contributed by atoms with Gasteiger partial charge in [0.1, 0.15) is 17.5 Å². The summed E-state index contributed by atoms with van der Waals surface area (Å²) in [5.74, 6) is 3.64. The molecule has 2 heterocycles. The molecule has 4 heteroatoms. The van der Waals surface area contributed by atoms with Gasteiger partial charge >= 0.3 is 0 Å². The molecule has 1 N–H and O–H groups in total. The van der Waals surface area contributed by atoms with Gasteiger partial charge in [0, 0.05) is 30.6 Å². The van der Waals surface area contributed by atoms with E-state index in [4.69, 9.17) is 9.97 Å². The largest absolute Gasteiger partial charge is 0.367 e. The first-order valence-corrected chi connectivity index (χ1v) is 9.63. The summed E-state index contributed by atoms with van der Waals surface area (Å²) in [5, 5.41) is 3.55. The normalized spacial score (nSPS) is 20.9. The minimum Gasteiger partial charge on any atom is -0.367 e. The maximum atomic E-state index is 4.95. The first kappa shape index (κ1) is 16.4. The molecule has 2 atom stereocenters. The van der Waals surface area contributed by atoms with E-state index in [1.165, 1.54) is 24.0 Å². The molecule has 0 bridgehead atoms. The summed E-state index contributed by atoms with van der Waals surface area (Å²) in [6.07, 6.45) is 4.62. The Morgan fingerprint density at radius 1 is 1.20 bits per heavy atom. The van der Waals surface area contributed by atoms with Crippen molar-refractivity contribution in [1.82, 2.24) is 9.97 Å². The summed E-state index contributed by atoms with van der Waals surface area (Å²) in [7, 11) is 0. The average molecular weight is 336 g/mol. The second kappa shape index (κ2) is 6.66. The third-order valence-corrected chi connectivity index (χ3v) is 5.48. The number of aromatic nitrogens is 2. The van der Waals surface area contributed by atoms with Gasteiger partial charge in [0.15, 0.2) is 0 Å². The van der Waals surface area contributed by atoms with E-state index < -0.39 is 0 Å². The molecule has 1 aromatic carbocycles. The van der Waals surface area contributed by atoms with E-state index in [0.29, 0.717) is 18.0 Å². The van der Waals surface area contributed by atoms with Crippen LogP contribution in [0.2, 0.25) is 0 Å². The van der Waals surface area contributed by atoms with Crippen LogP contribution < -0.4 is 10.2 Å². The Morgan fingerprint density at radius 3 is 2.68 bits per heavy atom. The second-order valence-electron chi connectivity index (χ2n) is 7.65. The molecule has 4 rings (SSSR count). The molecule has 0 unspecified atom stereocenters. The molecule has 1 aromatic heterocycles. The molecule has 0 saturated heterocycles. The summed E-state index contributed by atoms with van der Waals surface area (Å²) in [6, 6.07) is 11.8. The molecule has 2 aliphatic rings. The predicted octanol–water partition coefficient (Wildman–Crippen LogP) is 4.52. The molecule has 0 radical (unpaired) electrons. The first-order chi connectivity index (χ1) is 12.1. The van der Waals surface area contributed by atoms with Crippen molar-refractivity contribution < 1.29 is 0 Å². The Morgan fingerprint density at radius 2 is 1.96 bits per heavy atom. The highest BCUT2D eigenvalue weighted by Gasteiger charge is 2.30. The second-order valence-corrected chi connectivity index (χ2v) is 7.65. The smallest absolute Gasteiger partial charge is 0.136 e. The Kier molecular flexibility index (Phi) is 4.36. The summed E-state index contributed by atoms with van der Waals surface area (Å²) in [4.78, 5) is 12.2. The van der Waals surface area contributed by atoms with Gasteiger partial charge in [-0.3, -0.25) is 0 Å². The quantitative estimate of drug-likeness (QED) is 0.872. The molecule has 1 fully saturated rings. The lowest BCUT2D eigenvalue weighted by atomic mass is 9.95. The highest BCUT2D eigenvalue weighted by Crippen LogP contribution is 2.40. The lowest BCUT2D eigenvalue weighted by Gasteiger charge is -2.36. The maximum absolute atomic E-state index is 4.95. The zero-order valence-corrected chi connectivity index (χ0v) is 15.5. The summed E-state index contributed by atoms with van der Waals surface area (Å²) in [6.45, 7) is 7.64. The zero-order valence-electron chi connectivity index (χ0n) is 15.5. The van der Waals surface area contributed by atoms with Crippen molar-refractivity contribution in [3.8, 4) is 0 Å². The molecule has 0 spiro atoms. The van der Waals surface area contributed by atoms with Crippen LogP contribution in [-0.2, 0) is 13.0 Å². The molecule has 4 nitrogen and oxygen atoms in total. The fourth-order valence-electron chi connectivity index (χ4n) is 3.54. The van der Waals surface area contributed by atoms with Crippen LogP contribution in [-0.4, -0.2) is 22.1 Å². The third kappa shape index (κ3) is 3.48. The summed E-state index contributed by atoms with van der Waals surface area (Å²) in [5.41, 5.74) is 2.89. The Hall–Kier alpha value is -2.10. The number of rotatable bonds is 5. The van der Waals surface area contributed by atoms with Crippen molar-refractivity contribution in [1.29, 1.82) is 0 Å². The van der Waals surface area contributed by atoms with Crippen LogP contribution in [0.4, 0.5) is 11.6 Å². The van der Waals surface area contributed by atoms with Gasteiger partial charge in [0.25, 0.3) is 0 Å². The van der Waals surface area contributed by atoms with Gasteiger partial charge in [-0.05, 0) is 50.7 Å². The molecule has 2 aromatic rings. The van der Waals surface area contributed by atoms with Crippen molar-refractivity contribution >= 4 is 11.6 Å². The van der Waals surface area contributed by atoms with Gasteiger partial charge in [0.05, 0.1) is 0 Å². The molecule has 1 aliphatic heterocycles. The minimum absolute atomic E-state index is 0.425. The number of fused-ring (bicyclic) bond motifs is 1. The Bertz CT molecular complexity index is 753. The van der Waals surface area contributed by atoms with Crippen molar-refractivity contribution in [2.75, 3.05) is 10.2 Å². The number of nitrogens with zero attached hydrogens (tertiary/aromatic N) is 3. The van der Waals surface area contributed by atoms with E-state index in [1.54, 1.807) is 0 Å². The molecule has 132 valence electrons. The topological polar surface area (TPSA) is 41.0 Å². The van der Waals surface area contributed by atoms with Gasteiger partial charge in [-0.2, -0.15) is 0 Å². The van der Waals surface area contributed by atoms with Crippen LogP contribution in [0.3, 0.4) is 0 Å².